The Hall–Kier alpha value is -2.14. The number of carboxylic acid groups (broad SMARTS) is 1. The van der Waals surface area contributed by atoms with E-state index in [9.17, 15) is 9.90 Å². The van der Waals surface area contributed by atoms with Gasteiger partial charge < -0.3 is 9.67 Å². The first kappa shape index (κ1) is 16.7. The maximum absolute atomic E-state index is 11.4. The van der Waals surface area contributed by atoms with Crippen molar-refractivity contribution < 1.29 is 9.90 Å². The van der Waals surface area contributed by atoms with Crippen LogP contribution in [0.25, 0.3) is 5.69 Å². The van der Waals surface area contributed by atoms with Crippen LogP contribution >= 0.6 is 0 Å². The first-order chi connectivity index (χ1) is 11.5. The van der Waals surface area contributed by atoms with E-state index in [1.807, 2.05) is 20.0 Å². The molecule has 0 spiro atoms. The van der Waals surface area contributed by atoms with Crippen LogP contribution < -0.4 is 0 Å². The van der Waals surface area contributed by atoms with Gasteiger partial charge in [0.1, 0.15) is 5.82 Å². The predicted molar refractivity (Wildman–Crippen MR) is 93.2 cm³/mol. The highest BCUT2D eigenvalue weighted by atomic mass is 16.4. The molecule has 128 valence electrons. The number of nitrogens with zero attached hydrogens (tertiary/aromatic N) is 3. The second kappa shape index (κ2) is 6.77. The minimum absolute atomic E-state index is 0.0572. The minimum Gasteiger partial charge on any atom is -0.481 e. The molecule has 0 radical (unpaired) electrons. The van der Waals surface area contributed by atoms with Crippen LogP contribution in [0.5, 0.6) is 0 Å². The zero-order valence-electron chi connectivity index (χ0n) is 14.5. The Morgan fingerprint density at radius 3 is 2.62 bits per heavy atom. The van der Waals surface area contributed by atoms with Gasteiger partial charge in [-0.25, -0.2) is 4.98 Å². The maximum Gasteiger partial charge on any atom is 0.308 e. The third kappa shape index (κ3) is 3.08. The first-order valence-electron chi connectivity index (χ1n) is 8.58. The number of likely N-dealkylation sites (tertiary alicyclic amines) is 1. The standard InChI is InChI=1S/C19H25N3O2/c1-13(21-11-4-5-18(14(21)2)19(23)24)16-6-8-17(9-7-16)22-12-10-20-15(22)3/h6-10,12-14,18H,4-5,11H2,1-3H3,(H,23,24)/t13?,14-,18-/m0/s1. The molecule has 5 nitrogen and oxygen atoms in total. The molecule has 24 heavy (non-hydrogen) atoms. The molecule has 3 atom stereocenters. The van der Waals surface area contributed by atoms with Gasteiger partial charge in [-0.05, 0) is 57.9 Å². The van der Waals surface area contributed by atoms with Gasteiger partial charge in [0, 0.05) is 30.2 Å². The summed E-state index contributed by atoms with van der Waals surface area (Å²) in [5.74, 6) is 0.0177. The molecule has 1 N–H and O–H groups in total. The average molecular weight is 327 g/mol. The Balaban J connectivity index is 1.78. The number of hydrogen-bond acceptors (Lipinski definition) is 3. The number of hydrogen-bond donors (Lipinski definition) is 1. The zero-order valence-corrected chi connectivity index (χ0v) is 14.5. The molecule has 2 aromatic rings. The summed E-state index contributed by atoms with van der Waals surface area (Å²) >= 11 is 0. The fourth-order valence-electron chi connectivity index (χ4n) is 3.80. The van der Waals surface area contributed by atoms with Gasteiger partial charge >= 0.3 is 5.97 Å². The van der Waals surface area contributed by atoms with Crippen molar-refractivity contribution >= 4 is 5.97 Å². The van der Waals surface area contributed by atoms with E-state index in [0.717, 1.165) is 30.9 Å². The molecule has 3 rings (SSSR count). The van der Waals surface area contributed by atoms with Crippen molar-refractivity contribution in [2.24, 2.45) is 5.92 Å². The highest BCUT2D eigenvalue weighted by molar-refractivity contribution is 5.71. The predicted octanol–water partition coefficient (Wildman–Crippen LogP) is 3.43. The third-order valence-electron chi connectivity index (χ3n) is 5.33. The van der Waals surface area contributed by atoms with Gasteiger partial charge in [-0.1, -0.05) is 12.1 Å². The van der Waals surface area contributed by atoms with Crippen LogP contribution in [-0.4, -0.2) is 38.1 Å². The molecule has 0 saturated carbocycles. The van der Waals surface area contributed by atoms with E-state index in [-0.39, 0.29) is 18.0 Å². The van der Waals surface area contributed by atoms with Crippen LogP contribution in [0, 0.1) is 12.8 Å². The summed E-state index contributed by atoms with van der Waals surface area (Å²) in [6, 6.07) is 8.74. The molecule has 2 heterocycles. The van der Waals surface area contributed by atoms with E-state index < -0.39 is 5.97 Å². The van der Waals surface area contributed by atoms with Crippen LogP contribution in [0.3, 0.4) is 0 Å². The first-order valence-corrected chi connectivity index (χ1v) is 8.58. The molecule has 0 aliphatic carbocycles. The van der Waals surface area contributed by atoms with Gasteiger partial charge in [-0.15, -0.1) is 0 Å². The lowest BCUT2D eigenvalue weighted by atomic mass is 9.88. The highest BCUT2D eigenvalue weighted by Crippen LogP contribution is 2.32. The lowest BCUT2D eigenvalue weighted by molar-refractivity contribution is -0.146. The number of carboxylic acids is 1. The molecule has 1 saturated heterocycles. The Kier molecular flexibility index (Phi) is 4.71. The normalized spacial score (nSPS) is 23.1. The second-order valence-corrected chi connectivity index (χ2v) is 6.68. The van der Waals surface area contributed by atoms with Crippen molar-refractivity contribution in [1.82, 2.24) is 14.5 Å². The molecular formula is C19H25N3O2. The highest BCUT2D eigenvalue weighted by Gasteiger charge is 2.35. The fourth-order valence-corrected chi connectivity index (χ4v) is 3.80. The molecule has 0 bridgehead atoms. The van der Waals surface area contributed by atoms with Crippen molar-refractivity contribution in [2.45, 2.75) is 45.7 Å². The quantitative estimate of drug-likeness (QED) is 0.935. The van der Waals surface area contributed by atoms with Crippen LogP contribution in [0.2, 0.25) is 0 Å². The van der Waals surface area contributed by atoms with E-state index in [0.29, 0.717) is 0 Å². The molecule has 1 aromatic heterocycles. The maximum atomic E-state index is 11.4. The Morgan fingerprint density at radius 2 is 2.04 bits per heavy atom. The number of rotatable bonds is 4. The summed E-state index contributed by atoms with van der Waals surface area (Å²) in [5.41, 5.74) is 2.31. The van der Waals surface area contributed by atoms with Gasteiger partial charge in [0.25, 0.3) is 0 Å². The molecule has 1 aromatic carbocycles. The summed E-state index contributed by atoms with van der Waals surface area (Å²) in [6.07, 6.45) is 5.47. The zero-order chi connectivity index (χ0) is 17.3. The monoisotopic (exact) mass is 327 g/mol. The van der Waals surface area contributed by atoms with Crippen molar-refractivity contribution in [3.05, 3.63) is 48.0 Å². The molecule has 0 amide bonds. The van der Waals surface area contributed by atoms with E-state index in [1.54, 1.807) is 6.20 Å². The smallest absolute Gasteiger partial charge is 0.308 e. The minimum atomic E-state index is -0.676. The van der Waals surface area contributed by atoms with Crippen LogP contribution in [0.1, 0.15) is 44.1 Å². The second-order valence-electron chi connectivity index (χ2n) is 6.68. The number of aromatic nitrogens is 2. The van der Waals surface area contributed by atoms with Gasteiger partial charge in [0.05, 0.1) is 5.92 Å². The van der Waals surface area contributed by atoms with Crippen molar-refractivity contribution in [3.63, 3.8) is 0 Å². The molecule has 5 heteroatoms. The number of aliphatic carboxylic acids is 1. The Bertz CT molecular complexity index is 708. The lowest BCUT2D eigenvalue weighted by Crippen LogP contribution is -2.47. The van der Waals surface area contributed by atoms with Gasteiger partial charge in [0.15, 0.2) is 0 Å². The van der Waals surface area contributed by atoms with Gasteiger partial charge in [-0.3, -0.25) is 9.69 Å². The summed E-state index contributed by atoms with van der Waals surface area (Å²) in [4.78, 5) is 18.0. The number of aryl methyl sites for hydroxylation is 1. The molecule has 1 fully saturated rings. The average Bonchev–Trinajstić information content (AvgIpc) is 3.00. The van der Waals surface area contributed by atoms with Gasteiger partial charge in [-0.2, -0.15) is 0 Å². The van der Waals surface area contributed by atoms with Crippen molar-refractivity contribution in [2.75, 3.05) is 6.54 Å². The number of imidazole rings is 1. The van der Waals surface area contributed by atoms with E-state index in [2.05, 4.69) is 45.6 Å². The summed E-state index contributed by atoms with van der Waals surface area (Å²) in [6.45, 7) is 7.14. The Morgan fingerprint density at radius 1 is 1.33 bits per heavy atom. The summed E-state index contributed by atoms with van der Waals surface area (Å²) in [7, 11) is 0. The topological polar surface area (TPSA) is 58.4 Å². The lowest BCUT2D eigenvalue weighted by Gasteiger charge is -2.41. The van der Waals surface area contributed by atoms with Crippen LogP contribution in [-0.2, 0) is 4.79 Å². The van der Waals surface area contributed by atoms with Crippen LogP contribution in [0.4, 0.5) is 0 Å². The van der Waals surface area contributed by atoms with Crippen molar-refractivity contribution in [1.29, 1.82) is 0 Å². The van der Waals surface area contributed by atoms with Crippen LogP contribution in [0.15, 0.2) is 36.7 Å². The van der Waals surface area contributed by atoms with Gasteiger partial charge in [0.2, 0.25) is 0 Å². The molecule has 1 unspecified atom stereocenters. The number of carbonyl (C=O) groups is 1. The van der Waals surface area contributed by atoms with E-state index in [4.69, 9.17) is 0 Å². The number of benzene rings is 1. The molecular weight excluding hydrogens is 302 g/mol. The Labute approximate surface area is 142 Å². The fraction of sp³-hybridized carbons (Fsp3) is 0.474. The summed E-state index contributed by atoms with van der Waals surface area (Å²) < 4.78 is 2.05. The van der Waals surface area contributed by atoms with E-state index in [1.165, 1.54) is 5.56 Å². The third-order valence-corrected chi connectivity index (χ3v) is 5.33. The largest absolute Gasteiger partial charge is 0.481 e. The van der Waals surface area contributed by atoms with Crippen molar-refractivity contribution in [3.8, 4) is 5.69 Å². The number of piperidine rings is 1. The summed E-state index contributed by atoms with van der Waals surface area (Å²) in [5, 5.41) is 9.41. The SMILES string of the molecule is Cc1nccn1-c1ccc(C(C)N2CCC[C@H](C(=O)O)[C@@H]2C)cc1. The van der Waals surface area contributed by atoms with E-state index >= 15 is 0 Å². The molecule has 1 aliphatic heterocycles. The molecule has 1 aliphatic rings.